The zero-order valence-corrected chi connectivity index (χ0v) is 18.1. The summed E-state index contributed by atoms with van der Waals surface area (Å²) < 4.78 is 16.7. The first kappa shape index (κ1) is 21.7. The minimum Gasteiger partial charge on any atom is -0.493 e. The third-order valence-electron chi connectivity index (χ3n) is 5.06. The molecule has 0 bridgehead atoms. The van der Waals surface area contributed by atoms with Gasteiger partial charge in [0.05, 0.1) is 20.8 Å². The fourth-order valence-electron chi connectivity index (χ4n) is 3.48. The molecule has 3 rings (SSSR count). The van der Waals surface area contributed by atoms with Crippen LogP contribution in [0.5, 0.6) is 17.4 Å². The van der Waals surface area contributed by atoms with E-state index in [9.17, 15) is 0 Å². The van der Waals surface area contributed by atoms with Crippen molar-refractivity contribution >= 4 is 5.96 Å². The van der Waals surface area contributed by atoms with Crippen LogP contribution in [-0.4, -0.2) is 37.8 Å². The molecule has 0 atom stereocenters. The van der Waals surface area contributed by atoms with Crippen molar-refractivity contribution in [2.24, 2.45) is 4.99 Å². The first-order valence-electron chi connectivity index (χ1n) is 10.6. The number of pyridine rings is 1. The number of guanidine groups is 1. The summed E-state index contributed by atoms with van der Waals surface area (Å²) in [5.41, 5.74) is 2.15. The van der Waals surface area contributed by atoms with Gasteiger partial charge < -0.3 is 24.8 Å². The molecule has 0 aliphatic heterocycles. The number of aliphatic imine (C=N–C) groups is 1. The van der Waals surface area contributed by atoms with Crippen molar-refractivity contribution < 1.29 is 14.2 Å². The Balaban J connectivity index is 1.60. The van der Waals surface area contributed by atoms with E-state index >= 15 is 0 Å². The van der Waals surface area contributed by atoms with Gasteiger partial charge in [-0.3, -0.25) is 0 Å². The highest BCUT2D eigenvalue weighted by atomic mass is 16.5. The average molecular weight is 413 g/mol. The monoisotopic (exact) mass is 412 g/mol. The molecule has 0 saturated heterocycles. The lowest BCUT2D eigenvalue weighted by Crippen LogP contribution is -2.36. The van der Waals surface area contributed by atoms with Gasteiger partial charge in [0, 0.05) is 25.4 Å². The largest absolute Gasteiger partial charge is 0.493 e. The van der Waals surface area contributed by atoms with Crippen molar-refractivity contribution in [3.8, 4) is 17.4 Å². The number of methoxy groups -OCH3 is 2. The van der Waals surface area contributed by atoms with E-state index in [-0.39, 0.29) is 0 Å². The Morgan fingerprint density at radius 3 is 2.57 bits per heavy atom. The fourth-order valence-corrected chi connectivity index (χ4v) is 3.48. The molecule has 0 radical (unpaired) electrons. The van der Waals surface area contributed by atoms with Gasteiger partial charge in [-0.25, -0.2) is 9.98 Å². The first-order valence-corrected chi connectivity index (χ1v) is 10.6. The number of nitrogens with zero attached hydrogens (tertiary/aromatic N) is 2. The van der Waals surface area contributed by atoms with Crippen molar-refractivity contribution in [3.63, 3.8) is 0 Å². The molecule has 0 unspecified atom stereocenters. The van der Waals surface area contributed by atoms with Crippen molar-refractivity contribution in [1.82, 2.24) is 15.6 Å². The molecule has 30 heavy (non-hydrogen) atoms. The van der Waals surface area contributed by atoms with Gasteiger partial charge in [-0.15, -0.1) is 0 Å². The summed E-state index contributed by atoms with van der Waals surface area (Å²) in [6.07, 6.45) is 6.84. The third kappa shape index (κ3) is 6.27. The SMILES string of the molecule is CCNC(=NCc1ccc(OC)c(OC)c1)NCc1ccnc(OC2CCCC2)c1. The van der Waals surface area contributed by atoms with E-state index < -0.39 is 0 Å². The maximum absolute atomic E-state index is 6.01. The molecule has 1 aromatic carbocycles. The summed E-state index contributed by atoms with van der Waals surface area (Å²) in [7, 11) is 3.27. The fraction of sp³-hybridized carbons (Fsp3) is 0.478. The van der Waals surface area contributed by atoms with Gasteiger partial charge in [-0.1, -0.05) is 6.07 Å². The van der Waals surface area contributed by atoms with Crippen LogP contribution in [-0.2, 0) is 13.1 Å². The molecule has 0 amide bonds. The Hall–Kier alpha value is -2.96. The summed E-state index contributed by atoms with van der Waals surface area (Å²) >= 11 is 0. The lowest BCUT2D eigenvalue weighted by molar-refractivity contribution is 0.201. The molecular weight excluding hydrogens is 380 g/mol. The second-order valence-electron chi connectivity index (χ2n) is 7.26. The number of hydrogen-bond donors (Lipinski definition) is 2. The summed E-state index contributed by atoms with van der Waals surface area (Å²) in [6, 6.07) is 9.83. The molecule has 1 fully saturated rings. The third-order valence-corrected chi connectivity index (χ3v) is 5.06. The van der Waals surface area contributed by atoms with E-state index in [4.69, 9.17) is 14.2 Å². The van der Waals surface area contributed by atoms with E-state index in [1.807, 2.05) is 37.3 Å². The predicted molar refractivity (Wildman–Crippen MR) is 118 cm³/mol. The molecule has 162 valence electrons. The van der Waals surface area contributed by atoms with Gasteiger partial charge in [-0.2, -0.15) is 0 Å². The Morgan fingerprint density at radius 2 is 1.83 bits per heavy atom. The number of ether oxygens (including phenoxy) is 3. The molecule has 7 nitrogen and oxygen atoms in total. The highest BCUT2D eigenvalue weighted by Gasteiger charge is 2.17. The second-order valence-corrected chi connectivity index (χ2v) is 7.26. The summed E-state index contributed by atoms with van der Waals surface area (Å²) in [4.78, 5) is 9.04. The van der Waals surface area contributed by atoms with Crippen molar-refractivity contribution in [1.29, 1.82) is 0 Å². The zero-order valence-electron chi connectivity index (χ0n) is 18.1. The van der Waals surface area contributed by atoms with Gasteiger partial charge >= 0.3 is 0 Å². The number of aromatic nitrogens is 1. The highest BCUT2D eigenvalue weighted by Crippen LogP contribution is 2.27. The quantitative estimate of drug-likeness (QED) is 0.483. The lowest BCUT2D eigenvalue weighted by Gasteiger charge is -2.14. The second kappa shape index (κ2) is 11.3. The van der Waals surface area contributed by atoms with E-state index in [2.05, 4.69) is 20.6 Å². The van der Waals surface area contributed by atoms with Crippen LogP contribution in [0.3, 0.4) is 0 Å². The van der Waals surface area contributed by atoms with E-state index in [1.165, 1.54) is 12.8 Å². The standard InChI is InChI=1S/C23H32N4O3/c1-4-24-23(26-15-17-9-10-20(28-2)21(13-17)29-3)27-16-18-11-12-25-22(14-18)30-19-7-5-6-8-19/h9-14,19H,4-8,15-16H2,1-3H3,(H2,24,26,27). The van der Waals surface area contributed by atoms with Crippen molar-refractivity contribution in [2.75, 3.05) is 20.8 Å². The molecule has 1 saturated carbocycles. The number of benzene rings is 1. The molecule has 7 heteroatoms. The van der Waals surface area contributed by atoms with Gasteiger partial charge in [0.1, 0.15) is 6.10 Å². The summed E-state index contributed by atoms with van der Waals surface area (Å²) in [5.74, 6) is 2.87. The van der Waals surface area contributed by atoms with Crippen LogP contribution < -0.4 is 24.8 Å². The number of hydrogen-bond acceptors (Lipinski definition) is 5. The number of nitrogens with one attached hydrogen (secondary N) is 2. The van der Waals surface area contributed by atoms with Crippen molar-refractivity contribution in [3.05, 3.63) is 47.7 Å². The lowest BCUT2D eigenvalue weighted by atomic mass is 10.2. The van der Waals surface area contributed by atoms with E-state index in [0.29, 0.717) is 36.6 Å². The summed E-state index contributed by atoms with van der Waals surface area (Å²) in [5, 5.41) is 6.66. The van der Waals surface area contributed by atoms with Gasteiger partial charge in [0.2, 0.25) is 5.88 Å². The maximum Gasteiger partial charge on any atom is 0.213 e. The Bertz CT molecular complexity index is 835. The van der Waals surface area contributed by atoms with Gasteiger partial charge in [0.15, 0.2) is 17.5 Å². The molecule has 1 heterocycles. The Morgan fingerprint density at radius 1 is 1.03 bits per heavy atom. The molecule has 1 aliphatic carbocycles. The van der Waals surface area contributed by atoms with Crippen molar-refractivity contribution in [2.45, 2.75) is 51.8 Å². The average Bonchev–Trinajstić information content (AvgIpc) is 3.28. The normalized spacial score (nSPS) is 14.4. The summed E-state index contributed by atoms with van der Waals surface area (Å²) in [6.45, 7) is 4.00. The maximum atomic E-state index is 6.01. The van der Waals surface area contributed by atoms with Crippen LogP contribution in [0.2, 0.25) is 0 Å². The topological polar surface area (TPSA) is 77.0 Å². The van der Waals surface area contributed by atoms with E-state index in [1.54, 1.807) is 20.4 Å². The zero-order chi connectivity index (χ0) is 21.2. The Kier molecular flexibility index (Phi) is 8.18. The molecule has 2 N–H and O–H groups in total. The van der Waals surface area contributed by atoms with Crippen LogP contribution in [0.15, 0.2) is 41.5 Å². The number of rotatable bonds is 9. The molecule has 1 aliphatic rings. The first-order chi connectivity index (χ1) is 14.7. The van der Waals surface area contributed by atoms with Gasteiger partial charge in [-0.05, 0) is 61.9 Å². The van der Waals surface area contributed by atoms with Crippen LogP contribution in [0.25, 0.3) is 0 Å². The van der Waals surface area contributed by atoms with Crippen LogP contribution in [0.1, 0.15) is 43.7 Å². The van der Waals surface area contributed by atoms with Crippen LogP contribution in [0, 0.1) is 0 Å². The smallest absolute Gasteiger partial charge is 0.213 e. The Labute approximate surface area is 178 Å². The van der Waals surface area contributed by atoms with Crippen LogP contribution in [0.4, 0.5) is 0 Å². The molecule has 1 aromatic heterocycles. The highest BCUT2D eigenvalue weighted by molar-refractivity contribution is 5.79. The predicted octanol–water partition coefficient (Wildman–Crippen LogP) is 3.68. The minimum atomic E-state index is 0.307. The molecule has 2 aromatic rings. The van der Waals surface area contributed by atoms with E-state index in [0.717, 1.165) is 36.5 Å². The van der Waals surface area contributed by atoms with Crippen LogP contribution >= 0.6 is 0 Å². The molecular formula is C23H32N4O3. The minimum absolute atomic E-state index is 0.307. The van der Waals surface area contributed by atoms with Gasteiger partial charge in [0.25, 0.3) is 0 Å². The molecule has 0 spiro atoms.